The highest BCUT2D eigenvalue weighted by molar-refractivity contribution is 7.89. The average molecular weight is 392 g/mol. The van der Waals surface area contributed by atoms with Crippen LogP contribution in [0.3, 0.4) is 0 Å². The monoisotopic (exact) mass is 392 g/mol. The number of hydrogen-bond acceptors (Lipinski definition) is 5. The van der Waals surface area contributed by atoms with Gasteiger partial charge in [-0.25, -0.2) is 21.9 Å². The molecule has 1 amide bonds. The van der Waals surface area contributed by atoms with Gasteiger partial charge < -0.3 is 4.74 Å². The first-order valence-corrected chi connectivity index (χ1v) is 9.58. The van der Waals surface area contributed by atoms with Crippen molar-refractivity contribution < 1.29 is 26.7 Å². The van der Waals surface area contributed by atoms with Gasteiger partial charge in [-0.15, -0.1) is 0 Å². The molecule has 0 atom stereocenters. The Morgan fingerprint density at radius 1 is 1.11 bits per heavy atom. The van der Waals surface area contributed by atoms with Crippen molar-refractivity contribution in [2.75, 3.05) is 6.26 Å². The first kappa shape index (κ1) is 18.7. The van der Waals surface area contributed by atoms with Gasteiger partial charge in [0.1, 0.15) is 11.3 Å². The van der Waals surface area contributed by atoms with E-state index in [-0.39, 0.29) is 5.75 Å². The first-order valence-electron chi connectivity index (χ1n) is 7.69. The lowest BCUT2D eigenvalue weighted by Gasteiger charge is -2.12. The lowest BCUT2D eigenvalue weighted by atomic mass is 10.1. The largest absolute Gasteiger partial charge is 0.452 e. The molecule has 0 aliphatic rings. The molecule has 2 aromatic carbocycles. The Labute approximate surface area is 153 Å². The lowest BCUT2D eigenvalue weighted by Crippen LogP contribution is -2.30. The fourth-order valence-electron chi connectivity index (χ4n) is 2.49. The maximum absolute atomic E-state index is 14.3. The number of ether oxygens (including phenoxy) is 1. The van der Waals surface area contributed by atoms with E-state index >= 15 is 0 Å². The third-order valence-corrected chi connectivity index (χ3v) is 4.27. The van der Waals surface area contributed by atoms with Crippen LogP contribution in [0.1, 0.15) is 15.9 Å². The summed E-state index contributed by atoms with van der Waals surface area (Å²) in [6.07, 6.45) is 2.27. The number of halogens is 2. The second kappa shape index (κ2) is 6.92. The molecule has 0 aliphatic heterocycles. The Morgan fingerprint density at radius 3 is 2.56 bits per heavy atom. The van der Waals surface area contributed by atoms with E-state index in [9.17, 15) is 22.0 Å². The molecule has 140 valence electrons. The average Bonchev–Trinajstić information content (AvgIpc) is 2.59. The smallest absolute Gasteiger partial charge is 0.267 e. The minimum absolute atomic E-state index is 0.211. The molecule has 3 aromatic rings. The molecule has 0 spiro atoms. The molecule has 1 N–H and O–H groups in total. The van der Waals surface area contributed by atoms with Crippen LogP contribution in [0.4, 0.5) is 8.78 Å². The summed E-state index contributed by atoms with van der Waals surface area (Å²) in [7, 11) is -3.92. The number of aromatic nitrogens is 1. The maximum atomic E-state index is 14.3. The molecule has 6 nitrogen and oxygen atoms in total. The Balaban J connectivity index is 1.99. The second-order valence-corrected chi connectivity index (χ2v) is 7.60. The number of nitrogens with zero attached hydrogens (tertiary/aromatic N) is 1. The van der Waals surface area contributed by atoms with Gasteiger partial charge in [-0.1, -0.05) is 12.1 Å². The van der Waals surface area contributed by atoms with E-state index in [0.29, 0.717) is 17.6 Å². The van der Waals surface area contributed by atoms with Crippen molar-refractivity contribution in [1.82, 2.24) is 9.71 Å². The molecule has 27 heavy (non-hydrogen) atoms. The minimum atomic E-state index is -3.92. The van der Waals surface area contributed by atoms with Gasteiger partial charge in [-0.2, -0.15) is 0 Å². The number of amides is 1. The molecule has 0 unspecified atom stereocenters. The number of hydrogen-bond donors (Lipinski definition) is 1. The van der Waals surface area contributed by atoms with E-state index in [1.165, 1.54) is 0 Å². The van der Waals surface area contributed by atoms with Crippen molar-refractivity contribution in [2.45, 2.75) is 6.92 Å². The SMILES string of the molecule is Cc1ccc(Oc2cc(F)c(C(=O)NS(C)(=O)=O)cc2F)c2ncccc12. The Morgan fingerprint density at radius 2 is 1.85 bits per heavy atom. The number of pyridine rings is 1. The van der Waals surface area contributed by atoms with Crippen LogP contribution in [0.2, 0.25) is 0 Å². The van der Waals surface area contributed by atoms with Gasteiger partial charge >= 0.3 is 0 Å². The molecule has 1 aromatic heterocycles. The molecule has 0 radical (unpaired) electrons. The Bertz CT molecular complexity index is 1160. The first-order chi connectivity index (χ1) is 12.7. The summed E-state index contributed by atoms with van der Waals surface area (Å²) < 4.78 is 57.8. The predicted octanol–water partition coefficient (Wildman–Crippen LogP) is 3.30. The Hall–Kier alpha value is -3.07. The number of benzene rings is 2. The number of aryl methyl sites for hydroxylation is 1. The van der Waals surface area contributed by atoms with Crippen molar-refractivity contribution >= 4 is 26.8 Å². The van der Waals surface area contributed by atoms with Crippen LogP contribution in [-0.2, 0) is 10.0 Å². The number of carbonyl (C=O) groups is 1. The van der Waals surface area contributed by atoms with Crippen molar-refractivity contribution in [3.05, 3.63) is 65.4 Å². The maximum Gasteiger partial charge on any atom is 0.267 e. The van der Waals surface area contributed by atoms with Gasteiger partial charge in [0, 0.05) is 17.6 Å². The van der Waals surface area contributed by atoms with Crippen LogP contribution in [0.15, 0.2) is 42.6 Å². The molecule has 0 fully saturated rings. The van der Waals surface area contributed by atoms with Crippen LogP contribution in [-0.4, -0.2) is 25.6 Å². The van der Waals surface area contributed by atoms with E-state index in [1.54, 1.807) is 29.1 Å². The van der Waals surface area contributed by atoms with Gasteiger partial charge in [0.05, 0.1) is 11.8 Å². The highest BCUT2D eigenvalue weighted by Crippen LogP contribution is 2.32. The minimum Gasteiger partial charge on any atom is -0.452 e. The third-order valence-electron chi connectivity index (χ3n) is 3.71. The van der Waals surface area contributed by atoms with Gasteiger partial charge in [-0.05, 0) is 30.7 Å². The fourth-order valence-corrected chi connectivity index (χ4v) is 2.94. The molecule has 0 aliphatic carbocycles. The van der Waals surface area contributed by atoms with E-state index < -0.39 is 38.9 Å². The summed E-state index contributed by atoms with van der Waals surface area (Å²) in [4.78, 5) is 16.0. The second-order valence-electron chi connectivity index (χ2n) is 5.85. The van der Waals surface area contributed by atoms with Gasteiger partial charge in [0.2, 0.25) is 10.0 Å². The van der Waals surface area contributed by atoms with Crippen LogP contribution < -0.4 is 9.46 Å². The van der Waals surface area contributed by atoms with Gasteiger partial charge in [0.25, 0.3) is 5.91 Å². The van der Waals surface area contributed by atoms with Crippen LogP contribution in [0.5, 0.6) is 11.5 Å². The number of fused-ring (bicyclic) bond motifs is 1. The van der Waals surface area contributed by atoms with E-state index in [1.807, 2.05) is 13.0 Å². The van der Waals surface area contributed by atoms with Crippen LogP contribution in [0, 0.1) is 18.6 Å². The number of sulfonamides is 1. The summed E-state index contributed by atoms with van der Waals surface area (Å²) in [6, 6.07) is 8.15. The quantitative estimate of drug-likeness (QED) is 0.736. The summed E-state index contributed by atoms with van der Waals surface area (Å²) in [5, 5.41) is 0.792. The third kappa shape index (κ3) is 4.03. The zero-order valence-electron chi connectivity index (χ0n) is 14.3. The van der Waals surface area contributed by atoms with Crippen molar-refractivity contribution in [1.29, 1.82) is 0 Å². The highest BCUT2D eigenvalue weighted by atomic mass is 32.2. The summed E-state index contributed by atoms with van der Waals surface area (Å²) in [5.41, 5.74) is 0.651. The zero-order valence-corrected chi connectivity index (χ0v) is 15.1. The van der Waals surface area contributed by atoms with E-state index in [2.05, 4.69) is 4.98 Å². The molecule has 9 heteroatoms. The molecule has 3 rings (SSSR count). The fraction of sp³-hybridized carbons (Fsp3) is 0.111. The molecule has 0 saturated heterocycles. The summed E-state index contributed by atoms with van der Waals surface area (Å²) in [6.45, 7) is 1.88. The standard InChI is InChI=1S/C18H14F2N2O4S/c1-10-5-6-15(17-11(10)4-3-7-21-17)26-16-9-13(19)12(8-14(16)20)18(23)22-27(2,24)25/h3-9H,1-2H3,(H,22,23). The normalized spacial score (nSPS) is 11.4. The zero-order chi connectivity index (χ0) is 19.8. The molecule has 0 saturated carbocycles. The topological polar surface area (TPSA) is 85.4 Å². The van der Waals surface area contributed by atoms with E-state index in [0.717, 1.165) is 17.2 Å². The van der Waals surface area contributed by atoms with Crippen molar-refractivity contribution in [3.63, 3.8) is 0 Å². The van der Waals surface area contributed by atoms with Crippen molar-refractivity contribution in [2.24, 2.45) is 0 Å². The molecule has 0 bridgehead atoms. The lowest BCUT2D eigenvalue weighted by molar-refractivity contribution is 0.0977. The molecule has 1 heterocycles. The summed E-state index contributed by atoms with van der Waals surface area (Å²) >= 11 is 0. The van der Waals surface area contributed by atoms with E-state index in [4.69, 9.17) is 4.74 Å². The Kier molecular flexibility index (Phi) is 4.79. The number of nitrogens with one attached hydrogen (secondary N) is 1. The number of carbonyl (C=O) groups excluding carboxylic acids is 1. The van der Waals surface area contributed by atoms with Crippen LogP contribution in [0.25, 0.3) is 10.9 Å². The van der Waals surface area contributed by atoms with Crippen LogP contribution >= 0.6 is 0 Å². The summed E-state index contributed by atoms with van der Waals surface area (Å²) in [5.74, 6) is -3.68. The van der Waals surface area contributed by atoms with Gasteiger partial charge in [-0.3, -0.25) is 9.78 Å². The highest BCUT2D eigenvalue weighted by Gasteiger charge is 2.20. The molecular weight excluding hydrogens is 378 g/mol. The number of rotatable bonds is 4. The predicted molar refractivity (Wildman–Crippen MR) is 95.2 cm³/mol. The molecular formula is C18H14F2N2O4S. The van der Waals surface area contributed by atoms with Crippen molar-refractivity contribution in [3.8, 4) is 11.5 Å². The van der Waals surface area contributed by atoms with Gasteiger partial charge in [0.15, 0.2) is 17.3 Å².